The number of methoxy groups -OCH3 is 3. The van der Waals surface area contributed by atoms with Crippen LogP contribution in [0.3, 0.4) is 0 Å². The van der Waals surface area contributed by atoms with Crippen LogP contribution in [-0.2, 0) is 6.42 Å². The van der Waals surface area contributed by atoms with E-state index < -0.39 is 0 Å². The summed E-state index contributed by atoms with van der Waals surface area (Å²) >= 11 is 0. The van der Waals surface area contributed by atoms with E-state index in [0.717, 1.165) is 22.4 Å². The quantitative estimate of drug-likeness (QED) is 0.410. The Kier molecular flexibility index (Phi) is 6.14. The number of carbonyl (C=O) groups excluding carboxylic acids is 1. The van der Waals surface area contributed by atoms with Crippen molar-refractivity contribution in [3.05, 3.63) is 101 Å². The van der Waals surface area contributed by atoms with Crippen LogP contribution in [0.15, 0.2) is 79.0 Å². The van der Waals surface area contributed by atoms with Crippen molar-refractivity contribution < 1.29 is 19.0 Å². The van der Waals surface area contributed by atoms with Gasteiger partial charge >= 0.3 is 0 Å². The molecule has 0 fully saturated rings. The van der Waals surface area contributed by atoms with Gasteiger partial charge in [0.05, 0.1) is 39.3 Å². The Hall–Kier alpha value is -4.26. The lowest BCUT2D eigenvalue weighted by Gasteiger charge is -2.38. The third-order valence-corrected chi connectivity index (χ3v) is 6.37. The van der Waals surface area contributed by atoms with Crippen LogP contribution in [0.2, 0.25) is 0 Å². The number of ether oxygens (including phenoxy) is 3. The molecular weight excluding hydrogens is 442 g/mol. The van der Waals surface area contributed by atoms with Gasteiger partial charge < -0.3 is 19.1 Å². The standard InChI is InChI=1S/C28H27N3O4/c1-33-23-16-20-14-15-30(27(19-10-6-4-7-11-19)22(20)17-24(23)34-2)28(32)26-25(35-3)18-31(29-26)21-12-8-5-9-13-21/h4-13,16-18,27H,14-15H2,1-3H3. The van der Waals surface area contributed by atoms with Crippen LogP contribution in [0.5, 0.6) is 17.2 Å². The molecule has 1 amide bonds. The van der Waals surface area contributed by atoms with Crippen LogP contribution >= 0.6 is 0 Å². The van der Waals surface area contributed by atoms with Crippen LogP contribution in [0.4, 0.5) is 0 Å². The molecular formula is C28H27N3O4. The summed E-state index contributed by atoms with van der Waals surface area (Å²) in [4.78, 5) is 15.9. The van der Waals surface area contributed by atoms with Gasteiger partial charge in [-0.3, -0.25) is 4.79 Å². The number of rotatable bonds is 6. The number of aromatic nitrogens is 2. The lowest BCUT2D eigenvalue weighted by atomic mass is 9.87. The Labute approximate surface area is 204 Å². The molecule has 35 heavy (non-hydrogen) atoms. The van der Waals surface area contributed by atoms with Crippen LogP contribution in [0, 0.1) is 0 Å². The average molecular weight is 470 g/mol. The largest absolute Gasteiger partial charge is 0.493 e. The van der Waals surface area contributed by atoms with Crippen LogP contribution in [0.25, 0.3) is 5.69 Å². The summed E-state index contributed by atoms with van der Waals surface area (Å²) in [5, 5.41) is 4.63. The SMILES string of the molecule is COc1cc2c(cc1OC)C(c1ccccc1)N(C(=O)c1nn(-c3ccccc3)cc1OC)CC2. The molecule has 1 atom stereocenters. The average Bonchev–Trinajstić information content (AvgIpc) is 3.36. The molecule has 7 nitrogen and oxygen atoms in total. The summed E-state index contributed by atoms with van der Waals surface area (Å²) in [5.74, 6) is 1.56. The van der Waals surface area contributed by atoms with Gasteiger partial charge in [-0.25, -0.2) is 4.68 Å². The number of benzene rings is 3. The summed E-state index contributed by atoms with van der Waals surface area (Å²) in [6.45, 7) is 0.530. The zero-order valence-corrected chi connectivity index (χ0v) is 20.0. The maximum atomic E-state index is 14.0. The first-order valence-corrected chi connectivity index (χ1v) is 11.4. The minimum absolute atomic E-state index is 0.189. The molecule has 0 aliphatic carbocycles. The first-order chi connectivity index (χ1) is 17.1. The fourth-order valence-corrected chi connectivity index (χ4v) is 4.66. The van der Waals surface area contributed by atoms with E-state index in [4.69, 9.17) is 14.2 Å². The molecule has 4 aromatic rings. The van der Waals surface area contributed by atoms with Gasteiger partial charge in [0.25, 0.3) is 5.91 Å². The van der Waals surface area contributed by atoms with E-state index in [9.17, 15) is 4.79 Å². The molecule has 2 heterocycles. The number of amides is 1. The number of hydrogen-bond donors (Lipinski definition) is 0. The monoisotopic (exact) mass is 469 g/mol. The molecule has 1 unspecified atom stereocenters. The van der Waals surface area contributed by atoms with Gasteiger partial charge in [-0.15, -0.1) is 0 Å². The van der Waals surface area contributed by atoms with E-state index in [1.165, 1.54) is 0 Å². The molecule has 3 aromatic carbocycles. The Balaban J connectivity index is 1.60. The summed E-state index contributed by atoms with van der Waals surface area (Å²) in [5.41, 5.74) is 4.28. The highest BCUT2D eigenvalue weighted by Crippen LogP contribution is 2.41. The summed E-state index contributed by atoms with van der Waals surface area (Å²) in [6.07, 6.45) is 2.43. The molecule has 0 N–H and O–H groups in total. The predicted molar refractivity (Wildman–Crippen MR) is 133 cm³/mol. The van der Waals surface area contributed by atoms with Crippen molar-refractivity contribution in [2.24, 2.45) is 0 Å². The molecule has 5 rings (SSSR count). The van der Waals surface area contributed by atoms with Crippen LogP contribution in [0.1, 0.15) is 33.2 Å². The third-order valence-electron chi connectivity index (χ3n) is 6.37. The van der Waals surface area contributed by atoms with Crippen molar-refractivity contribution in [3.63, 3.8) is 0 Å². The number of para-hydroxylation sites is 1. The van der Waals surface area contributed by atoms with E-state index in [0.29, 0.717) is 30.2 Å². The van der Waals surface area contributed by atoms with Gasteiger partial charge in [0.2, 0.25) is 0 Å². The van der Waals surface area contributed by atoms with Crippen molar-refractivity contribution in [2.45, 2.75) is 12.5 Å². The first-order valence-electron chi connectivity index (χ1n) is 11.4. The molecule has 0 spiro atoms. The minimum atomic E-state index is -0.307. The Morgan fingerprint density at radius 3 is 2.14 bits per heavy atom. The van der Waals surface area contributed by atoms with Crippen LogP contribution < -0.4 is 14.2 Å². The van der Waals surface area contributed by atoms with Crippen molar-refractivity contribution in [1.29, 1.82) is 0 Å². The lowest BCUT2D eigenvalue weighted by Crippen LogP contribution is -2.41. The van der Waals surface area contributed by atoms with Crippen molar-refractivity contribution in [3.8, 4) is 22.9 Å². The molecule has 0 saturated carbocycles. The van der Waals surface area contributed by atoms with Gasteiger partial charge in [-0.1, -0.05) is 48.5 Å². The number of carbonyl (C=O) groups is 1. The molecule has 1 aromatic heterocycles. The van der Waals surface area contributed by atoms with Gasteiger partial charge in [0.1, 0.15) is 0 Å². The highest BCUT2D eigenvalue weighted by molar-refractivity contribution is 5.95. The third kappa shape index (κ3) is 4.10. The Bertz CT molecular complexity index is 1340. The first kappa shape index (κ1) is 22.5. The second kappa shape index (κ2) is 9.54. The van der Waals surface area contributed by atoms with E-state index in [1.54, 1.807) is 32.2 Å². The number of hydrogen-bond acceptors (Lipinski definition) is 5. The highest BCUT2D eigenvalue weighted by Gasteiger charge is 2.36. The van der Waals surface area contributed by atoms with E-state index >= 15 is 0 Å². The minimum Gasteiger partial charge on any atom is -0.493 e. The summed E-state index contributed by atoms with van der Waals surface area (Å²) in [7, 11) is 4.81. The summed E-state index contributed by atoms with van der Waals surface area (Å²) in [6, 6.07) is 23.4. The zero-order valence-electron chi connectivity index (χ0n) is 20.0. The molecule has 178 valence electrons. The van der Waals surface area contributed by atoms with Gasteiger partial charge in [-0.05, 0) is 47.4 Å². The van der Waals surface area contributed by atoms with Crippen molar-refractivity contribution >= 4 is 5.91 Å². The molecule has 7 heteroatoms. The smallest absolute Gasteiger partial charge is 0.279 e. The molecule has 0 bridgehead atoms. The van der Waals surface area contributed by atoms with Gasteiger partial charge in [0.15, 0.2) is 22.9 Å². The number of nitrogens with zero attached hydrogens (tertiary/aromatic N) is 3. The Morgan fingerprint density at radius 1 is 0.857 bits per heavy atom. The van der Waals surface area contributed by atoms with Crippen LogP contribution in [-0.4, -0.2) is 48.5 Å². The highest BCUT2D eigenvalue weighted by atomic mass is 16.5. The van der Waals surface area contributed by atoms with Gasteiger partial charge in [0, 0.05) is 6.54 Å². The second-order valence-corrected chi connectivity index (χ2v) is 8.29. The Morgan fingerprint density at radius 2 is 1.49 bits per heavy atom. The van der Waals surface area contributed by atoms with Gasteiger partial charge in [-0.2, -0.15) is 5.10 Å². The predicted octanol–water partition coefficient (Wildman–Crippen LogP) is 4.69. The van der Waals surface area contributed by atoms with E-state index in [1.807, 2.05) is 77.7 Å². The van der Waals surface area contributed by atoms with E-state index in [2.05, 4.69) is 5.10 Å². The molecule has 0 radical (unpaired) electrons. The zero-order chi connectivity index (χ0) is 24.4. The maximum absolute atomic E-state index is 14.0. The fourth-order valence-electron chi connectivity index (χ4n) is 4.66. The maximum Gasteiger partial charge on any atom is 0.279 e. The van der Waals surface area contributed by atoms with Crippen molar-refractivity contribution in [1.82, 2.24) is 14.7 Å². The lowest BCUT2D eigenvalue weighted by molar-refractivity contribution is 0.0684. The fraction of sp³-hybridized carbons (Fsp3) is 0.214. The topological polar surface area (TPSA) is 65.8 Å². The number of fused-ring (bicyclic) bond motifs is 1. The normalized spacial score (nSPS) is 14.8. The molecule has 1 aliphatic heterocycles. The summed E-state index contributed by atoms with van der Waals surface area (Å²) < 4.78 is 18.4. The second-order valence-electron chi connectivity index (χ2n) is 8.29. The van der Waals surface area contributed by atoms with Crippen molar-refractivity contribution in [2.75, 3.05) is 27.9 Å². The molecule has 1 aliphatic rings. The molecule has 0 saturated heterocycles. The van der Waals surface area contributed by atoms with E-state index in [-0.39, 0.29) is 17.6 Å².